The summed E-state index contributed by atoms with van der Waals surface area (Å²) < 4.78 is 36.9. The zero-order valence-electron chi connectivity index (χ0n) is 6.49. The summed E-state index contributed by atoms with van der Waals surface area (Å²) in [6.45, 7) is 0. The van der Waals surface area contributed by atoms with Crippen LogP contribution < -0.4 is 11.3 Å². The number of nitrogens with two attached hydrogens (primary N) is 1. The molecule has 0 spiro atoms. The predicted octanol–water partition coefficient (Wildman–Crippen LogP) is 2.69. The Hall–Kier alpha value is -0.720. The first-order valence-corrected chi connectivity index (χ1v) is 4.01. The average molecular weight is 246 g/mol. The van der Waals surface area contributed by atoms with Crippen LogP contribution in [0.1, 0.15) is 5.56 Å². The van der Waals surface area contributed by atoms with Crippen molar-refractivity contribution in [3.8, 4) is 0 Å². The molecule has 0 aliphatic carbocycles. The molecule has 3 N–H and O–H groups in total. The molecule has 1 rings (SSSR count). The molecule has 78 valence electrons. The molecule has 1 aromatic heterocycles. The summed E-state index contributed by atoms with van der Waals surface area (Å²) in [5.74, 6) is 4.90. The molecule has 0 aliphatic heterocycles. The van der Waals surface area contributed by atoms with Crippen LogP contribution in [-0.4, -0.2) is 4.98 Å². The number of rotatable bonds is 1. The normalized spacial score (nSPS) is 11.6. The van der Waals surface area contributed by atoms with Gasteiger partial charge in [-0.25, -0.2) is 10.8 Å². The first-order valence-electron chi connectivity index (χ1n) is 3.26. The van der Waals surface area contributed by atoms with Gasteiger partial charge >= 0.3 is 6.18 Å². The number of hydrogen-bond donors (Lipinski definition) is 2. The molecule has 3 nitrogen and oxygen atoms in total. The van der Waals surface area contributed by atoms with E-state index in [0.717, 1.165) is 6.07 Å². The Bertz CT molecular complexity index is 330. The van der Waals surface area contributed by atoms with Gasteiger partial charge in [0.2, 0.25) is 0 Å². The molecule has 1 heterocycles. The second-order valence-electron chi connectivity index (χ2n) is 2.30. The summed E-state index contributed by atoms with van der Waals surface area (Å²) in [6.07, 6.45) is -4.63. The molecule has 0 unspecified atom stereocenters. The zero-order chi connectivity index (χ0) is 10.9. The van der Waals surface area contributed by atoms with Gasteiger partial charge in [0.15, 0.2) is 0 Å². The first kappa shape index (κ1) is 11.4. The van der Waals surface area contributed by atoms with Crippen LogP contribution in [0.15, 0.2) is 6.07 Å². The van der Waals surface area contributed by atoms with E-state index < -0.39 is 21.9 Å². The Balaban J connectivity index is 3.33. The zero-order valence-corrected chi connectivity index (χ0v) is 8.00. The molecule has 8 heteroatoms. The van der Waals surface area contributed by atoms with Crippen molar-refractivity contribution >= 4 is 29.0 Å². The van der Waals surface area contributed by atoms with Gasteiger partial charge in [-0.15, -0.1) is 0 Å². The van der Waals surface area contributed by atoms with Gasteiger partial charge in [-0.2, -0.15) is 13.2 Å². The molecule has 0 fully saturated rings. The van der Waals surface area contributed by atoms with Gasteiger partial charge < -0.3 is 5.43 Å². The van der Waals surface area contributed by atoms with Crippen molar-refractivity contribution in [2.75, 3.05) is 5.43 Å². The van der Waals surface area contributed by atoms with E-state index in [1.165, 1.54) is 0 Å². The molecular weight excluding hydrogens is 242 g/mol. The molecule has 0 atom stereocenters. The minimum Gasteiger partial charge on any atom is -0.308 e. The average Bonchev–Trinajstić information content (AvgIpc) is 1.99. The van der Waals surface area contributed by atoms with Crippen LogP contribution in [0.4, 0.5) is 19.0 Å². The molecule has 1 aromatic rings. The molecule has 0 bridgehead atoms. The SMILES string of the molecule is NNc1cc(Cl)c(C(F)(F)F)c(Cl)n1. The highest BCUT2D eigenvalue weighted by atomic mass is 35.5. The van der Waals surface area contributed by atoms with Crippen LogP contribution in [0.2, 0.25) is 10.2 Å². The van der Waals surface area contributed by atoms with Crippen molar-refractivity contribution in [1.29, 1.82) is 0 Å². The van der Waals surface area contributed by atoms with Crippen LogP contribution in [-0.2, 0) is 6.18 Å². The van der Waals surface area contributed by atoms with E-state index >= 15 is 0 Å². The Morgan fingerprint density at radius 1 is 1.36 bits per heavy atom. The van der Waals surface area contributed by atoms with Crippen molar-refractivity contribution in [2.24, 2.45) is 5.84 Å². The number of nitrogens with one attached hydrogen (secondary N) is 1. The maximum Gasteiger partial charge on any atom is 0.420 e. The lowest BCUT2D eigenvalue weighted by molar-refractivity contribution is -0.137. The van der Waals surface area contributed by atoms with E-state index in [-0.39, 0.29) is 5.82 Å². The van der Waals surface area contributed by atoms with Gasteiger partial charge in [-0.3, -0.25) is 0 Å². The van der Waals surface area contributed by atoms with Gasteiger partial charge in [0.1, 0.15) is 16.5 Å². The molecule has 0 amide bonds. The minimum atomic E-state index is -4.63. The highest BCUT2D eigenvalue weighted by Gasteiger charge is 2.36. The Morgan fingerprint density at radius 3 is 2.29 bits per heavy atom. The van der Waals surface area contributed by atoms with Gasteiger partial charge in [0.05, 0.1) is 5.02 Å². The topological polar surface area (TPSA) is 50.9 Å². The number of anilines is 1. The van der Waals surface area contributed by atoms with Gasteiger partial charge in [-0.1, -0.05) is 23.2 Å². The van der Waals surface area contributed by atoms with Crippen molar-refractivity contribution in [2.45, 2.75) is 6.18 Å². The summed E-state index contributed by atoms with van der Waals surface area (Å²) >= 11 is 10.6. The first-order chi connectivity index (χ1) is 6.36. The third kappa shape index (κ3) is 2.20. The van der Waals surface area contributed by atoms with Gasteiger partial charge in [-0.05, 0) is 0 Å². The fraction of sp³-hybridized carbons (Fsp3) is 0.167. The van der Waals surface area contributed by atoms with E-state index in [9.17, 15) is 13.2 Å². The Kier molecular flexibility index (Phi) is 3.08. The highest BCUT2D eigenvalue weighted by Crippen LogP contribution is 2.39. The van der Waals surface area contributed by atoms with Crippen LogP contribution in [0.5, 0.6) is 0 Å². The van der Waals surface area contributed by atoms with E-state index in [0.29, 0.717) is 0 Å². The molecular formula is C6H4Cl2F3N3. The van der Waals surface area contributed by atoms with Crippen molar-refractivity contribution < 1.29 is 13.2 Å². The number of nitrogen functional groups attached to an aromatic ring is 1. The number of alkyl halides is 3. The third-order valence-corrected chi connectivity index (χ3v) is 1.93. The number of nitrogens with zero attached hydrogens (tertiary/aromatic N) is 1. The number of halogens is 5. The molecule has 0 aromatic carbocycles. The summed E-state index contributed by atoms with van der Waals surface area (Å²) in [6, 6.07) is 0.941. The molecule has 0 radical (unpaired) electrons. The molecule has 0 saturated carbocycles. The minimum absolute atomic E-state index is 0.0343. The number of hydrazine groups is 1. The van der Waals surface area contributed by atoms with Crippen LogP contribution in [0.25, 0.3) is 0 Å². The van der Waals surface area contributed by atoms with E-state index in [1.54, 1.807) is 0 Å². The van der Waals surface area contributed by atoms with Crippen molar-refractivity contribution in [3.05, 3.63) is 21.8 Å². The lowest BCUT2D eigenvalue weighted by Gasteiger charge is -2.11. The lowest BCUT2D eigenvalue weighted by Crippen LogP contribution is -2.12. The molecule has 0 aliphatic rings. The summed E-state index contributed by atoms with van der Waals surface area (Å²) in [7, 11) is 0. The fourth-order valence-corrected chi connectivity index (χ4v) is 1.46. The van der Waals surface area contributed by atoms with Gasteiger partial charge in [0.25, 0.3) is 0 Å². The Labute approximate surface area is 87.0 Å². The smallest absolute Gasteiger partial charge is 0.308 e. The third-order valence-electron chi connectivity index (χ3n) is 1.36. The van der Waals surface area contributed by atoms with E-state index in [4.69, 9.17) is 29.0 Å². The second kappa shape index (κ2) is 3.80. The van der Waals surface area contributed by atoms with Crippen LogP contribution in [0, 0.1) is 0 Å². The Morgan fingerprint density at radius 2 is 1.93 bits per heavy atom. The quantitative estimate of drug-likeness (QED) is 0.455. The largest absolute Gasteiger partial charge is 0.420 e. The predicted molar refractivity (Wildman–Crippen MR) is 47.1 cm³/mol. The monoisotopic (exact) mass is 245 g/mol. The fourth-order valence-electron chi connectivity index (χ4n) is 0.811. The highest BCUT2D eigenvalue weighted by molar-refractivity contribution is 6.35. The summed E-state index contributed by atoms with van der Waals surface area (Å²) in [4.78, 5) is 3.34. The van der Waals surface area contributed by atoms with Crippen molar-refractivity contribution in [1.82, 2.24) is 4.98 Å². The molecule has 0 saturated heterocycles. The number of aromatic nitrogens is 1. The van der Waals surface area contributed by atoms with Gasteiger partial charge in [0, 0.05) is 6.07 Å². The standard InChI is InChI=1S/C6H4Cl2F3N3/c7-2-1-3(14-12)13-5(8)4(2)6(9,10)11/h1H,12H2,(H,13,14). The summed E-state index contributed by atoms with van der Waals surface area (Å²) in [5, 5.41) is -1.29. The van der Waals surface area contributed by atoms with Crippen molar-refractivity contribution in [3.63, 3.8) is 0 Å². The number of hydrogen-bond acceptors (Lipinski definition) is 3. The molecule has 14 heavy (non-hydrogen) atoms. The van der Waals surface area contributed by atoms with E-state index in [2.05, 4.69) is 4.98 Å². The lowest BCUT2D eigenvalue weighted by atomic mass is 10.2. The van der Waals surface area contributed by atoms with E-state index in [1.807, 2.05) is 5.43 Å². The maximum absolute atomic E-state index is 12.3. The maximum atomic E-state index is 12.3. The summed E-state index contributed by atoms with van der Waals surface area (Å²) in [5.41, 5.74) is 0.873. The van der Waals surface area contributed by atoms with Crippen LogP contribution in [0.3, 0.4) is 0 Å². The second-order valence-corrected chi connectivity index (χ2v) is 3.06. The number of pyridine rings is 1. The van der Waals surface area contributed by atoms with Crippen LogP contribution >= 0.6 is 23.2 Å².